The Morgan fingerprint density at radius 1 is 0.704 bits per heavy atom. The zero-order valence-electron chi connectivity index (χ0n) is 16.7. The van der Waals surface area contributed by atoms with E-state index in [1.165, 1.54) is 24.8 Å². The largest absolute Gasteiger partial charge is 0.497 e. The summed E-state index contributed by atoms with van der Waals surface area (Å²) in [6.07, 6.45) is 3.73. The second-order valence-electron chi connectivity index (χ2n) is 6.73. The van der Waals surface area contributed by atoms with Crippen molar-refractivity contribution in [1.82, 2.24) is 4.90 Å². The van der Waals surface area contributed by atoms with Crippen LogP contribution in [0.4, 0.5) is 0 Å². The van der Waals surface area contributed by atoms with E-state index in [1.807, 2.05) is 12.1 Å². The Labute approximate surface area is 161 Å². The minimum Gasteiger partial charge on any atom is -0.497 e. The normalized spacial score (nSPS) is 15.9. The summed E-state index contributed by atoms with van der Waals surface area (Å²) >= 11 is 0. The quantitative estimate of drug-likeness (QED) is 0.726. The predicted octanol–water partition coefficient (Wildman–Crippen LogP) is 4.30. The van der Waals surface area contributed by atoms with Gasteiger partial charge in [0.05, 0.1) is 34.5 Å². The molecule has 0 amide bonds. The number of likely N-dealkylation sites (tertiary alicyclic amines) is 1. The number of methoxy groups -OCH3 is 4. The van der Waals surface area contributed by atoms with Crippen molar-refractivity contribution in [2.24, 2.45) is 0 Å². The summed E-state index contributed by atoms with van der Waals surface area (Å²) in [5, 5.41) is 0. The highest BCUT2D eigenvalue weighted by Crippen LogP contribution is 2.42. The summed E-state index contributed by atoms with van der Waals surface area (Å²) in [7, 11) is 6.64. The number of benzene rings is 2. The lowest BCUT2D eigenvalue weighted by Gasteiger charge is -2.35. The summed E-state index contributed by atoms with van der Waals surface area (Å²) < 4.78 is 22.0. The molecule has 5 heteroatoms. The van der Waals surface area contributed by atoms with E-state index in [9.17, 15) is 0 Å². The second kappa shape index (κ2) is 9.00. The van der Waals surface area contributed by atoms with E-state index in [2.05, 4.69) is 29.2 Å². The van der Waals surface area contributed by atoms with Gasteiger partial charge in [0.15, 0.2) is 11.5 Å². The Kier molecular flexibility index (Phi) is 6.45. The molecule has 3 rings (SSSR count). The molecule has 0 radical (unpaired) electrons. The number of hydrogen-bond donors (Lipinski definition) is 0. The molecule has 1 aliphatic heterocycles. The van der Waals surface area contributed by atoms with Crippen LogP contribution in [0.3, 0.4) is 0 Å². The highest BCUT2D eigenvalue weighted by Gasteiger charge is 2.26. The van der Waals surface area contributed by atoms with Crippen molar-refractivity contribution >= 4 is 0 Å². The van der Waals surface area contributed by atoms with Gasteiger partial charge in [-0.1, -0.05) is 18.6 Å². The maximum absolute atomic E-state index is 5.59. The first kappa shape index (κ1) is 19.4. The van der Waals surface area contributed by atoms with Crippen molar-refractivity contribution in [3.63, 3.8) is 0 Å². The highest BCUT2D eigenvalue weighted by atomic mass is 16.5. The molecule has 1 fully saturated rings. The van der Waals surface area contributed by atoms with E-state index in [0.717, 1.165) is 24.4 Å². The fraction of sp³-hybridized carbons (Fsp3) is 0.455. The number of piperidine rings is 1. The van der Waals surface area contributed by atoms with Gasteiger partial charge in [0, 0.05) is 0 Å². The third-order valence-corrected chi connectivity index (χ3v) is 5.19. The van der Waals surface area contributed by atoms with E-state index in [0.29, 0.717) is 17.2 Å². The van der Waals surface area contributed by atoms with Crippen molar-refractivity contribution in [3.05, 3.63) is 47.5 Å². The summed E-state index contributed by atoms with van der Waals surface area (Å²) in [5.41, 5.74) is 2.36. The van der Waals surface area contributed by atoms with Gasteiger partial charge in [-0.25, -0.2) is 0 Å². The summed E-state index contributed by atoms with van der Waals surface area (Å²) in [6.45, 7) is 2.15. The predicted molar refractivity (Wildman–Crippen MR) is 106 cm³/mol. The van der Waals surface area contributed by atoms with E-state index in [1.54, 1.807) is 28.4 Å². The third-order valence-electron chi connectivity index (χ3n) is 5.19. The van der Waals surface area contributed by atoms with Crippen LogP contribution < -0.4 is 18.9 Å². The smallest absolute Gasteiger partial charge is 0.203 e. The van der Waals surface area contributed by atoms with Gasteiger partial charge in [-0.2, -0.15) is 0 Å². The van der Waals surface area contributed by atoms with E-state index < -0.39 is 0 Å². The van der Waals surface area contributed by atoms with Crippen LogP contribution in [0.1, 0.15) is 36.4 Å². The van der Waals surface area contributed by atoms with Gasteiger partial charge in [0.25, 0.3) is 0 Å². The number of rotatable bonds is 7. The van der Waals surface area contributed by atoms with Crippen molar-refractivity contribution in [2.45, 2.75) is 25.3 Å². The van der Waals surface area contributed by atoms with Crippen LogP contribution in [0.25, 0.3) is 0 Å². The molecular weight excluding hydrogens is 342 g/mol. The van der Waals surface area contributed by atoms with Crippen molar-refractivity contribution in [3.8, 4) is 23.0 Å². The molecule has 1 atom stereocenters. The molecule has 5 nitrogen and oxygen atoms in total. The van der Waals surface area contributed by atoms with Crippen LogP contribution in [0, 0.1) is 0 Å². The van der Waals surface area contributed by atoms with Crippen LogP contribution in [0.2, 0.25) is 0 Å². The van der Waals surface area contributed by atoms with Crippen LogP contribution in [0.5, 0.6) is 23.0 Å². The molecule has 27 heavy (non-hydrogen) atoms. The molecular formula is C22H29NO4. The van der Waals surface area contributed by atoms with Crippen LogP contribution in [0.15, 0.2) is 36.4 Å². The molecule has 0 N–H and O–H groups in total. The zero-order valence-corrected chi connectivity index (χ0v) is 16.7. The average Bonchev–Trinajstić information content (AvgIpc) is 2.74. The number of ether oxygens (including phenoxy) is 4. The minimum absolute atomic E-state index is 0.130. The topological polar surface area (TPSA) is 40.2 Å². The molecule has 1 aliphatic rings. The molecule has 2 aromatic carbocycles. The van der Waals surface area contributed by atoms with Crippen LogP contribution in [-0.2, 0) is 0 Å². The third kappa shape index (κ3) is 4.14. The van der Waals surface area contributed by atoms with Gasteiger partial charge in [-0.15, -0.1) is 0 Å². The SMILES string of the molecule is COc1ccc(C(c2cc(OC)c(OC)c(OC)c2)N2CCCCC2)cc1. The Balaban J connectivity index is 2.08. The van der Waals surface area contributed by atoms with Gasteiger partial charge >= 0.3 is 0 Å². The maximum atomic E-state index is 5.59. The van der Waals surface area contributed by atoms with Crippen LogP contribution >= 0.6 is 0 Å². The lowest BCUT2D eigenvalue weighted by Crippen LogP contribution is -2.34. The first-order valence-corrected chi connectivity index (χ1v) is 9.39. The molecule has 146 valence electrons. The summed E-state index contributed by atoms with van der Waals surface area (Å²) in [5.74, 6) is 2.85. The van der Waals surface area contributed by atoms with Gasteiger partial charge in [-0.05, 0) is 61.3 Å². The Bertz CT molecular complexity index is 713. The van der Waals surface area contributed by atoms with Gasteiger partial charge in [0.2, 0.25) is 5.75 Å². The fourth-order valence-corrected chi connectivity index (χ4v) is 3.84. The average molecular weight is 371 g/mol. The molecule has 1 unspecified atom stereocenters. The van der Waals surface area contributed by atoms with Gasteiger partial charge in [-0.3, -0.25) is 4.90 Å². The maximum Gasteiger partial charge on any atom is 0.203 e. The van der Waals surface area contributed by atoms with E-state index in [-0.39, 0.29) is 6.04 Å². The molecule has 0 saturated carbocycles. The summed E-state index contributed by atoms with van der Waals surface area (Å²) in [6, 6.07) is 12.6. The minimum atomic E-state index is 0.130. The Hall–Kier alpha value is -2.40. The fourth-order valence-electron chi connectivity index (χ4n) is 3.84. The van der Waals surface area contributed by atoms with E-state index in [4.69, 9.17) is 18.9 Å². The summed E-state index contributed by atoms with van der Waals surface area (Å²) in [4.78, 5) is 2.53. The van der Waals surface area contributed by atoms with Crippen LogP contribution in [-0.4, -0.2) is 46.4 Å². The number of hydrogen-bond acceptors (Lipinski definition) is 5. The lowest BCUT2D eigenvalue weighted by molar-refractivity contribution is 0.186. The van der Waals surface area contributed by atoms with E-state index >= 15 is 0 Å². The number of nitrogens with zero attached hydrogens (tertiary/aromatic N) is 1. The molecule has 0 aliphatic carbocycles. The van der Waals surface area contributed by atoms with Gasteiger partial charge < -0.3 is 18.9 Å². The van der Waals surface area contributed by atoms with Crippen molar-refractivity contribution in [1.29, 1.82) is 0 Å². The zero-order chi connectivity index (χ0) is 19.2. The molecule has 2 aromatic rings. The Morgan fingerprint density at radius 2 is 1.30 bits per heavy atom. The van der Waals surface area contributed by atoms with Crippen molar-refractivity contribution < 1.29 is 18.9 Å². The first-order chi connectivity index (χ1) is 13.2. The monoisotopic (exact) mass is 371 g/mol. The Morgan fingerprint density at radius 3 is 1.78 bits per heavy atom. The lowest BCUT2D eigenvalue weighted by atomic mass is 9.94. The molecule has 0 spiro atoms. The second-order valence-corrected chi connectivity index (χ2v) is 6.73. The molecule has 1 heterocycles. The highest BCUT2D eigenvalue weighted by molar-refractivity contribution is 5.55. The van der Waals surface area contributed by atoms with Gasteiger partial charge in [0.1, 0.15) is 5.75 Å². The van der Waals surface area contributed by atoms with Crippen molar-refractivity contribution in [2.75, 3.05) is 41.5 Å². The standard InChI is InChI=1S/C22H29NO4/c1-24-18-10-8-16(9-11-18)21(23-12-6-5-7-13-23)17-14-19(25-2)22(27-4)20(15-17)26-3/h8-11,14-15,21H,5-7,12-13H2,1-4H3. The molecule has 0 bridgehead atoms. The molecule has 0 aromatic heterocycles. The molecule has 1 saturated heterocycles. The first-order valence-electron chi connectivity index (χ1n) is 9.39.